The number of aliphatic carboxylic acids is 2. The van der Waals surface area contributed by atoms with E-state index in [0.29, 0.717) is 0 Å². The fourth-order valence-electron chi connectivity index (χ4n) is 0.271. The van der Waals surface area contributed by atoms with E-state index in [-0.39, 0.29) is 110 Å². The zero-order valence-corrected chi connectivity index (χ0v) is 16.1. The fraction of sp³-hybridized carbons (Fsp3) is 0.200. The van der Waals surface area contributed by atoms with Crippen LogP contribution in [0.4, 0.5) is 0 Å². The zero-order chi connectivity index (χ0) is 8.15. The molecule has 0 aromatic carbocycles. The van der Waals surface area contributed by atoms with Gasteiger partial charge in [-0.05, 0) is 0 Å². The molecule has 4 nitrogen and oxygen atoms in total. The summed E-state index contributed by atoms with van der Waals surface area (Å²) in [7, 11) is 0. The molecule has 0 aliphatic rings. The van der Waals surface area contributed by atoms with Crippen molar-refractivity contribution in [1.29, 1.82) is 0 Å². The minimum absolute atomic E-state index is 0. The SMILES string of the molecule is O=C(O)[CH-]C[C-](S)C(=O)O.[Y].[Y].[Y]. The molecular weight excluding hydrogens is 423 g/mol. The van der Waals surface area contributed by atoms with Gasteiger partial charge in [0.25, 0.3) is 0 Å². The van der Waals surface area contributed by atoms with E-state index in [2.05, 4.69) is 12.6 Å². The van der Waals surface area contributed by atoms with Gasteiger partial charge < -0.3 is 29.3 Å². The van der Waals surface area contributed by atoms with Crippen molar-refractivity contribution < 1.29 is 118 Å². The Kier molecular flexibility index (Phi) is 27.1. The van der Waals surface area contributed by atoms with Gasteiger partial charge in [0, 0.05) is 98.1 Å². The van der Waals surface area contributed by atoms with Crippen LogP contribution in [0.15, 0.2) is 0 Å². The quantitative estimate of drug-likeness (QED) is 0.442. The van der Waals surface area contributed by atoms with Crippen LogP contribution in [-0.2, 0) is 108 Å². The van der Waals surface area contributed by atoms with Gasteiger partial charge in [-0.2, -0.15) is 0 Å². The summed E-state index contributed by atoms with van der Waals surface area (Å²) in [4.78, 5) is 19.8. The Labute approximate surface area is 157 Å². The molecule has 13 heavy (non-hydrogen) atoms. The number of carboxylic acids is 2. The Morgan fingerprint density at radius 3 is 1.85 bits per heavy atom. The van der Waals surface area contributed by atoms with E-state index in [9.17, 15) is 9.59 Å². The Balaban J connectivity index is -0.000000135. The molecule has 0 aromatic rings. The molecule has 0 unspecified atom stereocenters. The molecule has 0 spiro atoms. The molecule has 0 heterocycles. The van der Waals surface area contributed by atoms with Gasteiger partial charge in [0.15, 0.2) is 11.9 Å². The minimum atomic E-state index is -1.19. The predicted molar refractivity (Wildman–Crippen MR) is 36.4 cm³/mol. The van der Waals surface area contributed by atoms with Gasteiger partial charge in [-0.25, -0.2) is 5.25 Å². The van der Waals surface area contributed by atoms with E-state index in [1.54, 1.807) is 0 Å². The standard InChI is InChI=1S/C5H6O4S.3Y/c6-4(7)2-1-3(10)5(8)9;;;/h2,10H,1H2,(H,6,7)(H,8,9);;;/q-2;;;. The molecule has 0 amide bonds. The molecule has 0 saturated heterocycles. The average molecular weight is 429 g/mol. The molecular formula is C5H6O4SY3-2. The van der Waals surface area contributed by atoms with E-state index >= 15 is 0 Å². The predicted octanol–water partition coefficient (Wildman–Crippen LogP) is 0.204. The number of rotatable bonds is 4. The van der Waals surface area contributed by atoms with E-state index in [1.807, 2.05) is 0 Å². The van der Waals surface area contributed by atoms with E-state index in [0.717, 1.165) is 6.42 Å². The van der Waals surface area contributed by atoms with Crippen molar-refractivity contribution in [2.75, 3.05) is 0 Å². The van der Waals surface area contributed by atoms with Crippen molar-refractivity contribution in [2.45, 2.75) is 6.42 Å². The first-order valence-electron chi connectivity index (χ1n) is 2.38. The van der Waals surface area contributed by atoms with Crippen molar-refractivity contribution in [2.24, 2.45) is 0 Å². The Bertz CT molecular complexity index is 155. The van der Waals surface area contributed by atoms with Gasteiger partial charge in [0.2, 0.25) is 0 Å². The monoisotopic (exact) mass is 429 g/mol. The van der Waals surface area contributed by atoms with Gasteiger partial charge in [-0.1, -0.05) is 0 Å². The third-order valence-electron chi connectivity index (χ3n) is 0.717. The molecule has 0 aliphatic heterocycles. The summed E-state index contributed by atoms with van der Waals surface area (Å²) in [5.41, 5.74) is 0. The second-order valence-electron chi connectivity index (χ2n) is 1.50. The molecule has 0 atom stereocenters. The van der Waals surface area contributed by atoms with Crippen LogP contribution in [0.3, 0.4) is 0 Å². The summed E-state index contributed by atoms with van der Waals surface area (Å²) in [6.07, 6.45) is 0.685. The van der Waals surface area contributed by atoms with Crippen LogP contribution in [0.25, 0.3) is 0 Å². The first-order chi connectivity index (χ1) is 4.54. The van der Waals surface area contributed by atoms with Crippen LogP contribution in [-0.4, -0.2) is 22.2 Å². The molecule has 0 bridgehead atoms. The van der Waals surface area contributed by atoms with Crippen LogP contribution in [0.1, 0.15) is 6.42 Å². The maximum Gasteiger partial charge on any atom is 0.173 e. The summed E-state index contributed by atoms with van der Waals surface area (Å²) in [6.45, 7) is 0. The molecule has 0 aromatic heterocycles. The minimum Gasteiger partial charge on any atom is -0.503 e. The molecule has 0 rings (SSSR count). The van der Waals surface area contributed by atoms with Crippen molar-refractivity contribution >= 4 is 24.6 Å². The van der Waals surface area contributed by atoms with Gasteiger partial charge in [0.05, 0.1) is 0 Å². The molecule has 0 aliphatic carbocycles. The van der Waals surface area contributed by atoms with Gasteiger partial charge in [-0.15, -0.1) is 0 Å². The largest absolute Gasteiger partial charge is 0.503 e. The number of carboxylic acid groups (broad SMARTS) is 2. The van der Waals surface area contributed by atoms with Crippen LogP contribution < -0.4 is 0 Å². The molecule has 2 N–H and O–H groups in total. The second-order valence-corrected chi connectivity index (χ2v) is 2.04. The Hall–Kier alpha value is 2.34. The van der Waals surface area contributed by atoms with Crippen LogP contribution >= 0.6 is 12.6 Å². The topological polar surface area (TPSA) is 74.6 Å². The summed E-state index contributed by atoms with van der Waals surface area (Å²) in [5.74, 6) is -2.34. The Morgan fingerprint density at radius 1 is 1.23 bits per heavy atom. The molecule has 67 valence electrons. The van der Waals surface area contributed by atoms with Crippen molar-refractivity contribution in [1.82, 2.24) is 0 Å². The Morgan fingerprint density at radius 2 is 1.62 bits per heavy atom. The molecule has 0 fully saturated rings. The summed E-state index contributed by atoms with van der Waals surface area (Å²) in [5, 5.41) is 16.0. The summed E-state index contributed by atoms with van der Waals surface area (Å²) in [6, 6.07) is 0. The van der Waals surface area contributed by atoms with Crippen LogP contribution in [0.2, 0.25) is 0 Å². The zero-order valence-electron chi connectivity index (χ0n) is 6.67. The van der Waals surface area contributed by atoms with Crippen molar-refractivity contribution in [3.05, 3.63) is 11.7 Å². The van der Waals surface area contributed by atoms with Crippen molar-refractivity contribution in [3.63, 3.8) is 0 Å². The smallest absolute Gasteiger partial charge is 0.173 e. The fourth-order valence-corrected chi connectivity index (χ4v) is 0.363. The number of hydrogen-bond donors (Lipinski definition) is 3. The first kappa shape index (κ1) is 24.5. The third kappa shape index (κ3) is 17.0. The number of hydrogen-bond acceptors (Lipinski definition) is 3. The number of carbonyl (C=O) groups is 2. The van der Waals surface area contributed by atoms with Gasteiger partial charge >= 0.3 is 0 Å². The summed E-state index contributed by atoms with van der Waals surface area (Å²) < 4.78 is 0. The maximum absolute atomic E-state index is 9.99. The maximum atomic E-state index is 9.99. The van der Waals surface area contributed by atoms with Crippen LogP contribution in [0.5, 0.6) is 0 Å². The molecule has 0 saturated carbocycles. The van der Waals surface area contributed by atoms with Crippen LogP contribution in [0, 0.1) is 11.7 Å². The van der Waals surface area contributed by atoms with Gasteiger partial charge in [0.1, 0.15) is 0 Å². The molecule has 3 radical (unpaired) electrons. The van der Waals surface area contributed by atoms with E-state index < -0.39 is 11.9 Å². The van der Waals surface area contributed by atoms with E-state index in [4.69, 9.17) is 10.2 Å². The second kappa shape index (κ2) is 14.3. The third-order valence-corrected chi connectivity index (χ3v) is 1.09. The van der Waals surface area contributed by atoms with E-state index in [1.165, 1.54) is 0 Å². The van der Waals surface area contributed by atoms with Crippen molar-refractivity contribution in [3.8, 4) is 0 Å². The first-order valence-corrected chi connectivity index (χ1v) is 2.83. The normalized spacial score (nSPS) is 6.54. The number of thiol groups is 1. The summed E-state index contributed by atoms with van der Waals surface area (Å²) >= 11 is 3.52. The van der Waals surface area contributed by atoms with Gasteiger partial charge in [-0.3, -0.25) is 16.0 Å². The molecule has 8 heteroatoms. The average Bonchev–Trinajstić information content (AvgIpc) is 1.82.